The molecule has 0 radical (unpaired) electrons. The largest absolute Gasteiger partial charge is 0.431 e. The van der Waals surface area contributed by atoms with Gasteiger partial charge in [-0.3, -0.25) is 4.79 Å². The van der Waals surface area contributed by atoms with Crippen molar-refractivity contribution in [1.82, 2.24) is 4.98 Å². The van der Waals surface area contributed by atoms with Crippen molar-refractivity contribution in [3.05, 3.63) is 38.5 Å². The first-order chi connectivity index (χ1) is 8.10. The highest BCUT2D eigenvalue weighted by molar-refractivity contribution is 9.10. The van der Waals surface area contributed by atoms with Crippen LogP contribution < -0.4 is 4.74 Å². The van der Waals surface area contributed by atoms with Crippen LogP contribution in [0.25, 0.3) is 0 Å². The van der Waals surface area contributed by atoms with Crippen molar-refractivity contribution in [3.8, 4) is 10.9 Å². The zero-order chi connectivity index (χ0) is 12.4. The van der Waals surface area contributed by atoms with E-state index in [4.69, 9.17) is 16.3 Å². The number of rotatable bonds is 3. The molecule has 1 aromatic heterocycles. The maximum absolute atomic E-state index is 13.0. The first kappa shape index (κ1) is 12.5. The van der Waals surface area contributed by atoms with Crippen LogP contribution in [0, 0.1) is 5.82 Å². The summed E-state index contributed by atoms with van der Waals surface area (Å²) in [6, 6.07) is 4.18. The maximum atomic E-state index is 13.0. The summed E-state index contributed by atoms with van der Waals surface area (Å²) in [4.78, 5) is 14.7. The van der Waals surface area contributed by atoms with Crippen molar-refractivity contribution in [1.29, 1.82) is 0 Å². The number of thiazole rings is 1. The van der Waals surface area contributed by atoms with Gasteiger partial charge >= 0.3 is 0 Å². The Balaban J connectivity index is 2.25. The van der Waals surface area contributed by atoms with Gasteiger partial charge in [0.05, 0.1) is 4.47 Å². The monoisotopic (exact) mass is 335 g/mol. The number of carbonyl (C=O) groups is 1. The summed E-state index contributed by atoms with van der Waals surface area (Å²) in [5, 5.41) is 0.330. The number of aldehydes is 1. The number of aromatic nitrogens is 1. The highest BCUT2D eigenvalue weighted by atomic mass is 79.9. The Morgan fingerprint density at radius 3 is 2.88 bits per heavy atom. The molecule has 0 amide bonds. The molecule has 0 fully saturated rings. The Hall–Kier alpha value is -0.980. The first-order valence-electron chi connectivity index (χ1n) is 4.34. The van der Waals surface area contributed by atoms with Crippen molar-refractivity contribution in [2.45, 2.75) is 0 Å². The zero-order valence-corrected chi connectivity index (χ0v) is 11.3. The fourth-order valence-corrected chi connectivity index (χ4v) is 2.34. The van der Waals surface area contributed by atoms with Crippen molar-refractivity contribution in [3.63, 3.8) is 0 Å². The van der Waals surface area contributed by atoms with E-state index in [2.05, 4.69) is 20.9 Å². The summed E-state index contributed by atoms with van der Waals surface area (Å²) in [6.07, 6.45) is 0.605. The van der Waals surface area contributed by atoms with E-state index in [1.807, 2.05) is 0 Å². The summed E-state index contributed by atoms with van der Waals surface area (Å²) in [5.74, 6) is 0.0178. The molecular weight excluding hydrogens is 333 g/mol. The van der Waals surface area contributed by atoms with E-state index in [0.717, 1.165) is 11.3 Å². The van der Waals surface area contributed by atoms with Gasteiger partial charge in [-0.15, -0.1) is 0 Å². The summed E-state index contributed by atoms with van der Waals surface area (Å²) >= 11 is 9.75. The van der Waals surface area contributed by atoms with Gasteiger partial charge in [-0.2, -0.15) is 4.98 Å². The second-order valence-corrected chi connectivity index (χ2v) is 5.14. The highest BCUT2D eigenvalue weighted by Gasteiger charge is 2.10. The third kappa shape index (κ3) is 2.83. The number of hydrogen-bond donors (Lipinski definition) is 0. The molecule has 0 N–H and O–H groups in total. The van der Waals surface area contributed by atoms with Gasteiger partial charge in [0, 0.05) is 0 Å². The van der Waals surface area contributed by atoms with Crippen molar-refractivity contribution in [2.24, 2.45) is 0 Å². The molecule has 0 atom stereocenters. The van der Waals surface area contributed by atoms with Gasteiger partial charge in [-0.1, -0.05) is 22.9 Å². The van der Waals surface area contributed by atoms with E-state index in [9.17, 15) is 9.18 Å². The Morgan fingerprint density at radius 1 is 1.53 bits per heavy atom. The van der Waals surface area contributed by atoms with E-state index in [-0.39, 0.29) is 20.6 Å². The van der Waals surface area contributed by atoms with Crippen LogP contribution in [0.15, 0.2) is 22.7 Å². The molecule has 0 bridgehead atoms. The highest BCUT2D eigenvalue weighted by Crippen LogP contribution is 2.32. The molecule has 0 aliphatic rings. The predicted molar refractivity (Wildman–Crippen MR) is 66.7 cm³/mol. The van der Waals surface area contributed by atoms with Crippen LogP contribution >= 0.6 is 38.9 Å². The Labute approximate surface area is 113 Å². The van der Waals surface area contributed by atoms with E-state index >= 15 is 0 Å². The fraction of sp³-hybridized carbons (Fsp3) is 0. The summed E-state index contributed by atoms with van der Waals surface area (Å²) in [5.41, 5.74) is 0. The van der Waals surface area contributed by atoms with Crippen LogP contribution in [0.1, 0.15) is 9.67 Å². The fourth-order valence-electron chi connectivity index (χ4n) is 1.05. The molecule has 7 heteroatoms. The van der Waals surface area contributed by atoms with Gasteiger partial charge in [0.1, 0.15) is 16.4 Å². The molecule has 0 unspecified atom stereocenters. The third-order valence-electron chi connectivity index (χ3n) is 1.79. The SMILES string of the molecule is O=Cc1sc(Oc2ccc(F)c(Br)c2)nc1Cl. The minimum atomic E-state index is -0.386. The number of ether oxygens (including phenoxy) is 1. The normalized spacial score (nSPS) is 10.3. The van der Waals surface area contributed by atoms with E-state index < -0.39 is 0 Å². The van der Waals surface area contributed by atoms with Crippen LogP contribution in [-0.4, -0.2) is 11.3 Å². The van der Waals surface area contributed by atoms with Crippen molar-refractivity contribution < 1.29 is 13.9 Å². The predicted octanol–water partition coefficient (Wildman–Crippen LogP) is 4.30. The molecule has 3 nitrogen and oxygen atoms in total. The van der Waals surface area contributed by atoms with Crippen LogP contribution in [0.4, 0.5) is 4.39 Å². The Kier molecular flexibility index (Phi) is 3.76. The Bertz CT molecular complexity index is 575. The molecule has 0 spiro atoms. The number of benzene rings is 1. The number of hydrogen-bond acceptors (Lipinski definition) is 4. The van der Waals surface area contributed by atoms with Crippen LogP contribution in [0.3, 0.4) is 0 Å². The lowest BCUT2D eigenvalue weighted by molar-refractivity contribution is 0.112. The van der Waals surface area contributed by atoms with Gasteiger partial charge in [-0.05, 0) is 34.1 Å². The smallest absolute Gasteiger partial charge is 0.280 e. The van der Waals surface area contributed by atoms with E-state index in [1.165, 1.54) is 18.2 Å². The summed E-state index contributed by atoms with van der Waals surface area (Å²) in [7, 11) is 0. The maximum Gasteiger partial charge on any atom is 0.280 e. The molecule has 2 aromatic rings. The summed E-state index contributed by atoms with van der Waals surface area (Å²) in [6.45, 7) is 0. The number of carbonyl (C=O) groups excluding carboxylic acids is 1. The lowest BCUT2D eigenvalue weighted by Crippen LogP contribution is -1.84. The van der Waals surface area contributed by atoms with Gasteiger partial charge < -0.3 is 4.74 Å². The average molecular weight is 337 g/mol. The Morgan fingerprint density at radius 2 is 2.29 bits per heavy atom. The lowest BCUT2D eigenvalue weighted by Gasteiger charge is -2.01. The van der Waals surface area contributed by atoms with Gasteiger partial charge in [0.15, 0.2) is 11.4 Å². The minimum Gasteiger partial charge on any atom is -0.431 e. The molecule has 17 heavy (non-hydrogen) atoms. The average Bonchev–Trinajstić information content (AvgIpc) is 2.64. The minimum absolute atomic E-state index is 0.0983. The topological polar surface area (TPSA) is 39.2 Å². The molecule has 0 aliphatic carbocycles. The quantitative estimate of drug-likeness (QED) is 0.784. The third-order valence-corrected chi connectivity index (χ3v) is 3.66. The standard InChI is InChI=1S/C10H4BrClFNO2S/c11-6-3-5(1-2-7(6)13)16-10-14-9(12)8(4-15)17-10/h1-4H. The molecular formula is C10H4BrClFNO2S. The first-order valence-corrected chi connectivity index (χ1v) is 6.33. The molecule has 0 saturated carbocycles. The van der Waals surface area contributed by atoms with E-state index in [0.29, 0.717) is 16.9 Å². The number of halogens is 3. The van der Waals surface area contributed by atoms with Crippen LogP contribution in [0.2, 0.25) is 5.15 Å². The molecule has 1 heterocycles. The molecule has 0 aliphatic heterocycles. The number of nitrogens with zero attached hydrogens (tertiary/aromatic N) is 1. The second-order valence-electron chi connectivity index (χ2n) is 2.93. The molecule has 0 saturated heterocycles. The lowest BCUT2D eigenvalue weighted by atomic mass is 10.3. The van der Waals surface area contributed by atoms with Crippen LogP contribution in [-0.2, 0) is 0 Å². The second kappa shape index (κ2) is 5.12. The van der Waals surface area contributed by atoms with Gasteiger partial charge in [-0.25, -0.2) is 4.39 Å². The van der Waals surface area contributed by atoms with Crippen LogP contribution in [0.5, 0.6) is 10.9 Å². The zero-order valence-electron chi connectivity index (χ0n) is 8.12. The van der Waals surface area contributed by atoms with Crippen molar-refractivity contribution in [2.75, 3.05) is 0 Å². The van der Waals surface area contributed by atoms with Gasteiger partial charge in [0.25, 0.3) is 5.19 Å². The molecule has 1 aromatic carbocycles. The van der Waals surface area contributed by atoms with E-state index in [1.54, 1.807) is 0 Å². The molecule has 88 valence electrons. The summed E-state index contributed by atoms with van der Waals surface area (Å²) < 4.78 is 18.6. The van der Waals surface area contributed by atoms with Gasteiger partial charge in [0.2, 0.25) is 0 Å². The molecule has 2 rings (SSSR count). The van der Waals surface area contributed by atoms with Crippen molar-refractivity contribution >= 4 is 45.2 Å².